The van der Waals surface area contributed by atoms with E-state index in [-0.39, 0.29) is 11.8 Å². The molecular formula is C20H25NO3S. The molecule has 1 N–H and O–H groups in total. The fourth-order valence-electron chi connectivity index (χ4n) is 2.56. The molecule has 0 spiro atoms. The number of nitrogens with one attached hydrogen (secondary N) is 1. The third-order valence-corrected chi connectivity index (χ3v) is 4.81. The first-order chi connectivity index (χ1) is 11.8. The summed E-state index contributed by atoms with van der Waals surface area (Å²) >= 11 is 1.35. The molecule has 2 rings (SSSR count). The van der Waals surface area contributed by atoms with Crippen LogP contribution in [0.1, 0.15) is 56.0 Å². The van der Waals surface area contributed by atoms with E-state index < -0.39 is 5.97 Å². The predicted octanol–water partition coefficient (Wildman–Crippen LogP) is 5.31. The minimum absolute atomic E-state index is 0.0938. The number of carbonyl (C=O) groups is 2. The van der Waals surface area contributed by atoms with Gasteiger partial charge in [0.2, 0.25) is 5.91 Å². The van der Waals surface area contributed by atoms with Crippen LogP contribution < -0.4 is 5.32 Å². The van der Waals surface area contributed by atoms with Gasteiger partial charge in [-0.1, -0.05) is 52.0 Å². The maximum absolute atomic E-state index is 12.3. The Labute approximate surface area is 153 Å². The molecule has 0 saturated heterocycles. The number of methoxy groups -OCH3 is 1. The first-order valence-electron chi connectivity index (χ1n) is 8.43. The van der Waals surface area contributed by atoms with Crippen LogP contribution in [-0.4, -0.2) is 19.0 Å². The van der Waals surface area contributed by atoms with Crippen LogP contribution in [0.25, 0.3) is 11.1 Å². The average Bonchev–Trinajstić information content (AvgIpc) is 2.96. The molecule has 0 fully saturated rings. The number of carbonyl (C=O) groups excluding carboxylic acids is 2. The van der Waals surface area contributed by atoms with Gasteiger partial charge in [0.25, 0.3) is 0 Å². The van der Waals surface area contributed by atoms with Crippen molar-refractivity contribution in [2.24, 2.45) is 5.92 Å². The van der Waals surface area contributed by atoms with Crippen LogP contribution >= 0.6 is 11.3 Å². The van der Waals surface area contributed by atoms with Crippen LogP contribution in [0.3, 0.4) is 0 Å². The van der Waals surface area contributed by atoms with E-state index in [0.29, 0.717) is 22.9 Å². The van der Waals surface area contributed by atoms with Crippen LogP contribution in [0.5, 0.6) is 0 Å². The lowest BCUT2D eigenvalue weighted by Gasteiger charge is -2.10. The normalized spacial score (nSPS) is 11.0. The van der Waals surface area contributed by atoms with Crippen molar-refractivity contribution in [2.75, 3.05) is 12.4 Å². The van der Waals surface area contributed by atoms with Crippen molar-refractivity contribution in [3.63, 3.8) is 0 Å². The molecule has 25 heavy (non-hydrogen) atoms. The molecule has 134 valence electrons. The summed E-state index contributed by atoms with van der Waals surface area (Å²) in [6.45, 7) is 8.25. The fraction of sp³-hybridized carbons (Fsp3) is 0.400. The van der Waals surface area contributed by atoms with Gasteiger partial charge in [0.1, 0.15) is 10.6 Å². The quantitative estimate of drug-likeness (QED) is 0.711. The molecule has 4 nitrogen and oxygen atoms in total. The Balaban J connectivity index is 2.38. The van der Waals surface area contributed by atoms with E-state index in [0.717, 1.165) is 11.1 Å². The minimum Gasteiger partial charge on any atom is -0.465 e. The van der Waals surface area contributed by atoms with Gasteiger partial charge in [-0.3, -0.25) is 4.79 Å². The van der Waals surface area contributed by atoms with E-state index in [2.05, 4.69) is 31.3 Å². The lowest BCUT2D eigenvalue weighted by molar-refractivity contribution is -0.116. The van der Waals surface area contributed by atoms with E-state index in [1.807, 2.05) is 31.4 Å². The average molecular weight is 359 g/mol. The highest BCUT2D eigenvalue weighted by Crippen LogP contribution is 2.36. The van der Waals surface area contributed by atoms with Gasteiger partial charge in [0.15, 0.2) is 0 Å². The van der Waals surface area contributed by atoms with Crippen molar-refractivity contribution in [1.82, 2.24) is 0 Å². The highest BCUT2D eigenvalue weighted by Gasteiger charge is 2.22. The summed E-state index contributed by atoms with van der Waals surface area (Å²) in [6.07, 6.45) is 0.414. The van der Waals surface area contributed by atoms with Crippen molar-refractivity contribution in [3.8, 4) is 11.1 Å². The number of amides is 1. The lowest BCUT2D eigenvalue weighted by atomic mass is 9.98. The summed E-state index contributed by atoms with van der Waals surface area (Å²) in [7, 11) is 1.35. The number of benzene rings is 1. The summed E-state index contributed by atoms with van der Waals surface area (Å²) in [6, 6.07) is 8.14. The summed E-state index contributed by atoms with van der Waals surface area (Å²) in [5.41, 5.74) is 3.38. The standard InChI is InChI=1S/C20H25NO3S/c1-12(2)10-17(22)21-19-18(20(23)24-5)16(11-25-19)15-8-6-14(7-9-15)13(3)4/h6-9,11-13H,10H2,1-5H3,(H,21,22). The highest BCUT2D eigenvalue weighted by molar-refractivity contribution is 7.15. The Morgan fingerprint density at radius 2 is 1.76 bits per heavy atom. The Kier molecular flexibility index (Phi) is 6.37. The molecule has 1 amide bonds. The molecular weight excluding hydrogens is 334 g/mol. The topological polar surface area (TPSA) is 55.4 Å². The SMILES string of the molecule is COC(=O)c1c(-c2ccc(C(C)C)cc2)csc1NC(=O)CC(C)C. The van der Waals surface area contributed by atoms with Crippen LogP contribution in [0, 0.1) is 5.92 Å². The summed E-state index contributed by atoms with van der Waals surface area (Å²) in [4.78, 5) is 24.4. The van der Waals surface area contributed by atoms with Crippen molar-refractivity contribution < 1.29 is 14.3 Å². The molecule has 0 saturated carbocycles. The van der Waals surface area contributed by atoms with E-state index in [9.17, 15) is 9.59 Å². The molecule has 0 unspecified atom stereocenters. The molecule has 1 heterocycles. The summed E-state index contributed by atoms with van der Waals surface area (Å²) < 4.78 is 4.94. The number of ether oxygens (including phenoxy) is 1. The van der Waals surface area contributed by atoms with Crippen molar-refractivity contribution >= 4 is 28.2 Å². The number of anilines is 1. The monoisotopic (exact) mass is 359 g/mol. The number of hydrogen-bond donors (Lipinski definition) is 1. The molecule has 0 radical (unpaired) electrons. The van der Waals surface area contributed by atoms with Gasteiger partial charge in [-0.25, -0.2) is 4.79 Å². The smallest absolute Gasteiger partial charge is 0.341 e. The Morgan fingerprint density at radius 1 is 1.12 bits per heavy atom. The third-order valence-electron chi connectivity index (χ3n) is 3.92. The van der Waals surface area contributed by atoms with E-state index in [4.69, 9.17) is 4.74 Å². The molecule has 1 aromatic heterocycles. The molecule has 0 atom stereocenters. The van der Waals surface area contributed by atoms with E-state index >= 15 is 0 Å². The number of hydrogen-bond acceptors (Lipinski definition) is 4. The van der Waals surface area contributed by atoms with Crippen molar-refractivity contribution in [1.29, 1.82) is 0 Å². The zero-order valence-electron chi connectivity index (χ0n) is 15.4. The zero-order chi connectivity index (χ0) is 18.6. The molecule has 0 aliphatic carbocycles. The van der Waals surface area contributed by atoms with Gasteiger partial charge < -0.3 is 10.1 Å². The molecule has 0 bridgehead atoms. The maximum atomic E-state index is 12.3. The second-order valence-corrected chi connectivity index (χ2v) is 7.65. The Hall–Kier alpha value is -2.14. The molecule has 1 aromatic carbocycles. The summed E-state index contributed by atoms with van der Waals surface area (Å²) in [5, 5.41) is 5.29. The molecule has 5 heteroatoms. The van der Waals surface area contributed by atoms with Gasteiger partial charge in [0.05, 0.1) is 7.11 Å². The number of rotatable bonds is 6. The second kappa shape index (κ2) is 8.30. The van der Waals surface area contributed by atoms with Crippen LogP contribution in [0.2, 0.25) is 0 Å². The van der Waals surface area contributed by atoms with Crippen LogP contribution in [0.15, 0.2) is 29.6 Å². The van der Waals surface area contributed by atoms with Gasteiger partial charge in [-0.2, -0.15) is 0 Å². The zero-order valence-corrected chi connectivity index (χ0v) is 16.2. The predicted molar refractivity (Wildman–Crippen MR) is 103 cm³/mol. The van der Waals surface area contributed by atoms with E-state index in [1.165, 1.54) is 24.0 Å². The Bertz CT molecular complexity index is 745. The third kappa shape index (κ3) is 4.69. The van der Waals surface area contributed by atoms with Gasteiger partial charge >= 0.3 is 5.97 Å². The fourth-order valence-corrected chi connectivity index (χ4v) is 3.54. The van der Waals surface area contributed by atoms with Crippen molar-refractivity contribution in [2.45, 2.75) is 40.0 Å². The molecule has 2 aromatic rings. The van der Waals surface area contributed by atoms with Crippen LogP contribution in [0.4, 0.5) is 5.00 Å². The van der Waals surface area contributed by atoms with Gasteiger partial charge in [0, 0.05) is 17.4 Å². The first-order valence-corrected chi connectivity index (χ1v) is 9.31. The Morgan fingerprint density at radius 3 is 2.28 bits per heavy atom. The van der Waals surface area contributed by atoms with E-state index in [1.54, 1.807) is 0 Å². The van der Waals surface area contributed by atoms with Crippen molar-refractivity contribution in [3.05, 3.63) is 40.8 Å². The summed E-state index contributed by atoms with van der Waals surface area (Å²) in [5.74, 6) is 0.166. The number of thiophene rings is 1. The largest absolute Gasteiger partial charge is 0.465 e. The van der Waals surface area contributed by atoms with Gasteiger partial charge in [-0.15, -0.1) is 11.3 Å². The lowest BCUT2D eigenvalue weighted by Crippen LogP contribution is -2.15. The highest BCUT2D eigenvalue weighted by atomic mass is 32.1. The maximum Gasteiger partial charge on any atom is 0.341 e. The number of esters is 1. The minimum atomic E-state index is -0.441. The molecule has 0 aliphatic heterocycles. The second-order valence-electron chi connectivity index (χ2n) is 6.77. The van der Waals surface area contributed by atoms with Gasteiger partial charge in [-0.05, 0) is 23.0 Å². The van der Waals surface area contributed by atoms with Crippen LogP contribution in [-0.2, 0) is 9.53 Å². The molecule has 0 aliphatic rings. The first kappa shape index (κ1) is 19.2.